The first-order chi connectivity index (χ1) is 11.1. The van der Waals surface area contributed by atoms with Crippen molar-refractivity contribution >= 4 is 18.1 Å². The molecular formula is C18H25ClN4O. The number of hydrogen-bond acceptors (Lipinski definition) is 4. The zero-order valence-electron chi connectivity index (χ0n) is 14.2. The molecule has 2 aliphatic rings. The Morgan fingerprint density at radius 3 is 2.75 bits per heavy atom. The van der Waals surface area contributed by atoms with Crippen LogP contribution in [0.3, 0.4) is 0 Å². The summed E-state index contributed by atoms with van der Waals surface area (Å²) >= 11 is 0. The lowest BCUT2D eigenvalue weighted by Crippen LogP contribution is -2.46. The molecule has 2 unspecified atom stereocenters. The highest BCUT2D eigenvalue weighted by atomic mass is 35.5. The smallest absolute Gasteiger partial charge is 0.258 e. The van der Waals surface area contributed by atoms with Crippen molar-refractivity contribution in [1.82, 2.24) is 19.6 Å². The molecule has 1 N–H and O–H groups in total. The fraction of sp³-hybridized carbons (Fsp3) is 0.556. The monoisotopic (exact) mass is 348 g/mol. The van der Waals surface area contributed by atoms with E-state index >= 15 is 0 Å². The highest BCUT2D eigenvalue weighted by Crippen LogP contribution is 2.29. The molecule has 2 aliphatic heterocycles. The van der Waals surface area contributed by atoms with Gasteiger partial charge in [0.1, 0.15) is 5.65 Å². The molecule has 2 atom stereocenters. The summed E-state index contributed by atoms with van der Waals surface area (Å²) in [5.41, 5.74) is 2.69. The van der Waals surface area contributed by atoms with Gasteiger partial charge in [0.25, 0.3) is 5.56 Å². The van der Waals surface area contributed by atoms with Crippen molar-refractivity contribution in [2.75, 3.05) is 7.05 Å². The number of aryl methyl sites for hydroxylation is 1. The van der Waals surface area contributed by atoms with Gasteiger partial charge in [0, 0.05) is 36.9 Å². The van der Waals surface area contributed by atoms with E-state index in [9.17, 15) is 4.79 Å². The first-order valence-electron chi connectivity index (χ1n) is 8.54. The summed E-state index contributed by atoms with van der Waals surface area (Å²) in [6.07, 6.45) is 6.82. The summed E-state index contributed by atoms with van der Waals surface area (Å²) in [4.78, 5) is 19.4. The van der Waals surface area contributed by atoms with Crippen LogP contribution in [0.25, 0.3) is 5.65 Å². The molecule has 0 spiro atoms. The van der Waals surface area contributed by atoms with Crippen molar-refractivity contribution in [3.8, 4) is 0 Å². The number of rotatable bonds is 3. The Labute approximate surface area is 148 Å². The van der Waals surface area contributed by atoms with Gasteiger partial charge in [-0.25, -0.2) is 4.98 Å². The Hall–Kier alpha value is -1.43. The number of pyridine rings is 1. The average molecular weight is 349 g/mol. The van der Waals surface area contributed by atoms with Crippen molar-refractivity contribution in [2.24, 2.45) is 0 Å². The van der Waals surface area contributed by atoms with E-state index < -0.39 is 0 Å². The molecule has 0 aromatic carbocycles. The van der Waals surface area contributed by atoms with Gasteiger partial charge in [-0.1, -0.05) is 6.07 Å². The predicted molar refractivity (Wildman–Crippen MR) is 97.9 cm³/mol. The molecule has 6 heteroatoms. The maximum absolute atomic E-state index is 12.3. The van der Waals surface area contributed by atoms with E-state index in [0.717, 1.165) is 23.4 Å². The Bertz CT molecular complexity index is 778. The van der Waals surface area contributed by atoms with E-state index in [1.54, 1.807) is 16.7 Å². The largest absolute Gasteiger partial charge is 0.311 e. The fourth-order valence-electron chi connectivity index (χ4n) is 4.16. The molecule has 2 aromatic rings. The third kappa shape index (κ3) is 3.21. The minimum atomic E-state index is 0. The van der Waals surface area contributed by atoms with E-state index in [1.165, 1.54) is 25.7 Å². The maximum Gasteiger partial charge on any atom is 0.258 e. The van der Waals surface area contributed by atoms with Crippen molar-refractivity contribution in [2.45, 2.75) is 57.3 Å². The first kappa shape index (κ1) is 17.4. The van der Waals surface area contributed by atoms with Gasteiger partial charge in [-0.15, -0.1) is 12.4 Å². The molecule has 2 aromatic heterocycles. The van der Waals surface area contributed by atoms with Crippen LogP contribution >= 0.6 is 12.4 Å². The van der Waals surface area contributed by atoms with Crippen LogP contribution < -0.4 is 10.9 Å². The lowest BCUT2D eigenvalue weighted by Gasteiger charge is -2.35. The topological polar surface area (TPSA) is 49.6 Å². The highest BCUT2D eigenvalue weighted by molar-refractivity contribution is 5.85. The summed E-state index contributed by atoms with van der Waals surface area (Å²) in [6, 6.07) is 7.52. The number of fused-ring (bicyclic) bond motifs is 3. The number of halogens is 1. The molecule has 130 valence electrons. The SMILES string of the molecule is Cc1cccn2c(=O)cc(CN(C)C3CC4CCC(C3)N4)nc12.Cl. The van der Waals surface area contributed by atoms with Crippen LogP contribution in [0.4, 0.5) is 0 Å². The molecule has 24 heavy (non-hydrogen) atoms. The Balaban J connectivity index is 0.00000169. The Morgan fingerprint density at radius 2 is 2.04 bits per heavy atom. The second-order valence-corrected chi connectivity index (χ2v) is 7.15. The number of nitrogens with one attached hydrogen (secondary N) is 1. The van der Waals surface area contributed by atoms with Crippen molar-refractivity contribution in [3.05, 3.63) is 46.0 Å². The molecule has 5 nitrogen and oxygen atoms in total. The van der Waals surface area contributed by atoms with Crippen molar-refractivity contribution in [1.29, 1.82) is 0 Å². The second-order valence-electron chi connectivity index (χ2n) is 7.15. The fourth-order valence-corrected chi connectivity index (χ4v) is 4.16. The molecule has 2 fully saturated rings. The molecule has 2 saturated heterocycles. The minimum Gasteiger partial charge on any atom is -0.311 e. The van der Waals surface area contributed by atoms with Crippen LogP contribution in [-0.2, 0) is 6.54 Å². The zero-order chi connectivity index (χ0) is 16.0. The molecule has 2 bridgehead atoms. The van der Waals surface area contributed by atoms with E-state index in [1.807, 2.05) is 19.1 Å². The second kappa shape index (κ2) is 6.82. The van der Waals surface area contributed by atoms with Gasteiger partial charge in [0.2, 0.25) is 0 Å². The summed E-state index contributed by atoms with van der Waals surface area (Å²) in [5, 5.41) is 3.68. The van der Waals surface area contributed by atoms with Crippen LogP contribution in [0.2, 0.25) is 0 Å². The molecule has 4 heterocycles. The van der Waals surface area contributed by atoms with Gasteiger partial charge in [-0.2, -0.15) is 0 Å². The minimum absolute atomic E-state index is 0. The van der Waals surface area contributed by atoms with E-state index in [2.05, 4.69) is 17.3 Å². The number of hydrogen-bond donors (Lipinski definition) is 1. The van der Waals surface area contributed by atoms with Crippen molar-refractivity contribution < 1.29 is 0 Å². The van der Waals surface area contributed by atoms with E-state index in [-0.39, 0.29) is 18.0 Å². The quantitative estimate of drug-likeness (QED) is 0.923. The lowest BCUT2D eigenvalue weighted by molar-refractivity contribution is 0.164. The number of aromatic nitrogens is 2. The third-order valence-electron chi connectivity index (χ3n) is 5.42. The maximum atomic E-state index is 12.3. The van der Waals surface area contributed by atoms with Gasteiger partial charge < -0.3 is 5.32 Å². The summed E-state index contributed by atoms with van der Waals surface area (Å²) in [6.45, 7) is 2.74. The Morgan fingerprint density at radius 1 is 1.33 bits per heavy atom. The molecule has 0 aliphatic carbocycles. The van der Waals surface area contributed by atoms with Crippen LogP contribution in [0, 0.1) is 6.92 Å². The predicted octanol–water partition coefficient (Wildman–Crippen LogP) is 2.14. The van der Waals surface area contributed by atoms with Crippen LogP contribution in [0.5, 0.6) is 0 Å². The van der Waals surface area contributed by atoms with E-state index in [4.69, 9.17) is 4.98 Å². The average Bonchev–Trinajstić information content (AvgIpc) is 2.86. The molecule has 4 rings (SSSR count). The summed E-state index contributed by atoms with van der Waals surface area (Å²) in [7, 11) is 2.16. The standard InChI is InChI=1S/C18H24N4O.ClH/c1-12-4-3-7-22-17(23)10-15(20-18(12)22)11-21(2)16-8-13-5-6-14(9-16)19-13;/h3-4,7,10,13-14,16,19H,5-6,8-9,11H2,1-2H3;1H. The van der Waals surface area contributed by atoms with Crippen LogP contribution in [0.1, 0.15) is 36.9 Å². The zero-order valence-corrected chi connectivity index (χ0v) is 15.1. The van der Waals surface area contributed by atoms with Crippen LogP contribution in [0.15, 0.2) is 29.2 Å². The number of nitrogens with zero attached hydrogens (tertiary/aromatic N) is 3. The van der Waals surface area contributed by atoms with Gasteiger partial charge >= 0.3 is 0 Å². The van der Waals surface area contributed by atoms with Gasteiger partial charge in [0.05, 0.1) is 5.69 Å². The lowest BCUT2D eigenvalue weighted by atomic mass is 9.98. The molecule has 0 radical (unpaired) electrons. The van der Waals surface area contributed by atoms with E-state index in [0.29, 0.717) is 18.1 Å². The molecular weight excluding hydrogens is 324 g/mol. The third-order valence-corrected chi connectivity index (χ3v) is 5.42. The van der Waals surface area contributed by atoms with Gasteiger partial charge in [0.15, 0.2) is 0 Å². The summed E-state index contributed by atoms with van der Waals surface area (Å²) in [5.74, 6) is 0. The highest BCUT2D eigenvalue weighted by Gasteiger charge is 2.35. The van der Waals surface area contributed by atoms with Crippen LogP contribution in [-0.4, -0.2) is 39.5 Å². The normalized spacial score (nSPS) is 25.9. The van der Waals surface area contributed by atoms with Gasteiger partial charge in [-0.3, -0.25) is 14.1 Å². The molecule has 0 saturated carbocycles. The summed E-state index contributed by atoms with van der Waals surface area (Å²) < 4.78 is 1.63. The van der Waals surface area contributed by atoms with Gasteiger partial charge in [-0.05, 0) is 51.3 Å². The molecule has 0 amide bonds. The number of piperidine rings is 1. The Kier molecular flexibility index (Phi) is 4.95. The van der Waals surface area contributed by atoms with Crippen molar-refractivity contribution in [3.63, 3.8) is 0 Å². The first-order valence-corrected chi connectivity index (χ1v) is 8.54.